The molecular weight excluding hydrogens is 264 g/mol. The van der Waals surface area contributed by atoms with Crippen LogP contribution in [0.15, 0.2) is 36.9 Å². The van der Waals surface area contributed by atoms with Gasteiger partial charge in [0.25, 0.3) is 0 Å². The summed E-state index contributed by atoms with van der Waals surface area (Å²) in [5.41, 5.74) is 4.64. The second-order valence-electron chi connectivity index (χ2n) is 4.05. The number of aromatic nitrogens is 2. The van der Waals surface area contributed by atoms with E-state index in [4.69, 9.17) is 22.2 Å². The van der Waals surface area contributed by atoms with Crippen LogP contribution in [0, 0.1) is 0 Å². The molecule has 0 saturated carbocycles. The zero-order valence-corrected chi connectivity index (χ0v) is 11.3. The van der Waals surface area contributed by atoms with E-state index in [0.29, 0.717) is 11.4 Å². The molecule has 0 aliphatic carbocycles. The van der Waals surface area contributed by atoms with E-state index in [9.17, 15) is 0 Å². The van der Waals surface area contributed by atoms with Crippen LogP contribution >= 0.6 is 11.6 Å². The highest BCUT2D eigenvalue weighted by atomic mass is 35.5. The van der Waals surface area contributed by atoms with Crippen LogP contribution in [-0.4, -0.2) is 17.1 Å². The molecule has 0 radical (unpaired) electrons. The third-order valence-electron chi connectivity index (χ3n) is 2.85. The Kier molecular flexibility index (Phi) is 4.68. The van der Waals surface area contributed by atoms with E-state index < -0.39 is 0 Å². The molecule has 2 rings (SSSR count). The molecule has 2 aromatic rings. The summed E-state index contributed by atoms with van der Waals surface area (Å²) in [4.78, 5) is 7.98. The van der Waals surface area contributed by atoms with E-state index in [2.05, 4.69) is 15.4 Å². The molecule has 1 aromatic carbocycles. The van der Waals surface area contributed by atoms with Gasteiger partial charge in [0.05, 0.1) is 13.2 Å². The van der Waals surface area contributed by atoms with E-state index >= 15 is 0 Å². The summed E-state index contributed by atoms with van der Waals surface area (Å²) in [5.74, 6) is 6.38. The first kappa shape index (κ1) is 13.7. The number of hydrogen-bond donors (Lipinski definition) is 2. The summed E-state index contributed by atoms with van der Waals surface area (Å²) in [6, 6.07) is 5.40. The second-order valence-corrected chi connectivity index (χ2v) is 4.49. The van der Waals surface area contributed by atoms with Gasteiger partial charge in [0, 0.05) is 23.0 Å². The largest absolute Gasteiger partial charge is 0.496 e. The third kappa shape index (κ3) is 3.41. The Morgan fingerprint density at radius 3 is 2.74 bits per heavy atom. The summed E-state index contributed by atoms with van der Waals surface area (Å²) in [5, 5.41) is 0.663. The van der Waals surface area contributed by atoms with E-state index in [0.717, 1.165) is 16.9 Å². The molecular formula is C13H15ClN4O. The van der Waals surface area contributed by atoms with Crippen LogP contribution < -0.4 is 16.0 Å². The SMILES string of the molecule is COc1ccc(Cl)cc1CC(NN)c1cncnc1. The number of benzene rings is 1. The van der Waals surface area contributed by atoms with Gasteiger partial charge in [-0.25, -0.2) is 9.97 Å². The van der Waals surface area contributed by atoms with Gasteiger partial charge in [0.2, 0.25) is 0 Å². The molecule has 19 heavy (non-hydrogen) atoms. The fourth-order valence-electron chi connectivity index (χ4n) is 1.89. The van der Waals surface area contributed by atoms with Gasteiger partial charge in [-0.2, -0.15) is 0 Å². The van der Waals surface area contributed by atoms with Crippen LogP contribution in [0.5, 0.6) is 5.75 Å². The van der Waals surface area contributed by atoms with Crippen molar-refractivity contribution in [3.8, 4) is 5.75 Å². The van der Waals surface area contributed by atoms with Gasteiger partial charge in [0.1, 0.15) is 12.1 Å². The maximum atomic E-state index is 6.01. The molecule has 3 N–H and O–H groups in total. The number of hydrogen-bond acceptors (Lipinski definition) is 5. The van der Waals surface area contributed by atoms with Crippen molar-refractivity contribution in [1.82, 2.24) is 15.4 Å². The summed E-state index contributed by atoms with van der Waals surface area (Å²) in [6.45, 7) is 0. The Hall–Kier alpha value is -1.69. The van der Waals surface area contributed by atoms with Gasteiger partial charge in [-0.1, -0.05) is 11.6 Å². The summed E-state index contributed by atoms with van der Waals surface area (Å²) >= 11 is 6.01. The maximum absolute atomic E-state index is 6.01. The first-order valence-corrected chi connectivity index (χ1v) is 6.16. The Bertz CT molecular complexity index is 535. The van der Waals surface area contributed by atoms with E-state index in [-0.39, 0.29) is 6.04 Å². The molecule has 1 atom stereocenters. The van der Waals surface area contributed by atoms with Crippen LogP contribution in [0.1, 0.15) is 17.2 Å². The average Bonchev–Trinajstić information content (AvgIpc) is 2.46. The number of nitrogens with two attached hydrogens (primary N) is 1. The van der Waals surface area contributed by atoms with Crippen molar-refractivity contribution in [2.24, 2.45) is 5.84 Å². The first-order valence-electron chi connectivity index (χ1n) is 5.78. The number of hydrazine groups is 1. The Labute approximate surface area is 116 Å². The summed E-state index contributed by atoms with van der Waals surface area (Å²) < 4.78 is 5.32. The predicted molar refractivity (Wildman–Crippen MR) is 73.8 cm³/mol. The quantitative estimate of drug-likeness (QED) is 0.645. The van der Waals surface area contributed by atoms with Crippen LogP contribution in [0.4, 0.5) is 0 Å². The molecule has 0 aliphatic heterocycles. The first-order chi connectivity index (χ1) is 9.24. The molecule has 100 valence electrons. The average molecular weight is 279 g/mol. The smallest absolute Gasteiger partial charge is 0.122 e. The molecule has 5 nitrogen and oxygen atoms in total. The molecule has 0 spiro atoms. The van der Waals surface area contributed by atoms with E-state index in [1.807, 2.05) is 12.1 Å². The fourth-order valence-corrected chi connectivity index (χ4v) is 2.08. The highest BCUT2D eigenvalue weighted by Crippen LogP contribution is 2.27. The van der Waals surface area contributed by atoms with Gasteiger partial charge in [-0.3, -0.25) is 11.3 Å². The minimum atomic E-state index is -0.103. The van der Waals surface area contributed by atoms with Crippen molar-refractivity contribution in [3.05, 3.63) is 53.1 Å². The van der Waals surface area contributed by atoms with Gasteiger partial charge in [0.15, 0.2) is 0 Å². The van der Waals surface area contributed by atoms with Gasteiger partial charge in [-0.15, -0.1) is 0 Å². The second kappa shape index (κ2) is 6.47. The maximum Gasteiger partial charge on any atom is 0.122 e. The van der Waals surface area contributed by atoms with Crippen molar-refractivity contribution in [3.63, 3.8) is 0 Å². The summed E-state index contributed by atoms with van der Waals surface area (Å²) in [7, 11) is 1.63. The number of rotatable bonds is 5. The lowest BCUT2D eigenvalue weighted by molar-refractivity contribution is 0.405. The number of ether oxygens (including phenoxy) is 1. The molecule has 0 saturated heterocycles. The molecule has 1 unspecified atom stereocenters. The monoisotopic (exact) mass is 278 g/mol. The van der Waals surface area contributed by atoms with Gasteiger partial charge in [-0.05, 0) is 30.2 Å². The lowest BCUT2D eigenvalue weighted by Crippen LogP contribution is -2.29. The Morgan fingerprint density at radius 1 is 1.37 bits per heavy atom. The van der Waals surface area contributed by atoms with Crippen molar-refractivity contribution in [2.75, 3.05) is 7.11 Å². The van der Waals surface area contributed by atoms with Crippen molar-refractivity contribution >= 4 is 11.6 Å². The van der Waals surface area contributed by atoms with Crippen molar-refractivity contribution in [1.29, 1.82) is 0 Å². The molecule has 0 bridgehead atoms. The number of halogens is 1. The number of nitrogens with zero attached hydrogens (tertiary/aromatic N) is 2. The molecule has 0 fully saturated rings. The van der Waals surface area contributed by atoms with Crippen molar-refractivity contribution < 1.29 is 4.74 Å². The lowest BCUT2D eigenvalue weighted by Gasteiger charge is -2.17. The Balaban J connectivity index is 2.26. The van der Waals surface area contributed by atoms with Crippen LogP contribution in [0.2, 0.25) is 5.02 Å². The van der Waals surface area contributed by atoms with E-state index in [1.54, 1.807) is 25.6 Å². The molecule has 0 aliphatic rings. The number of nitrogens with one attached hydrogen (secondary N) is 1. The van der Waals surface area contributed by atoms with Crippen LogP contribution in [-0.2, 0) is 6.42 Å². The zero-order valence-electron chi connectivity index (χ0n) is 10.5. The minimum absolute atomic E-state index is 0.103. The minimum Gasteiger partial charge on any atom is -0.496 e. The molecule has 1 aromatic heterocycles. The topological polar surface area (TPSA) is 73.1 Å². The Morgan fingerprint density at radius 2 is 2.11 bits per heavy atom. The third-order valence-corrected chi connectivity index (χ3v) is 3.09. The fraction of sp³-hybridized carbons (Fsp3) is 0.231. The zero-order chi connectivity index (χ0) is 13.7. The lowest BCUT2D eigenvalue weighted by atomic mass is 10.0. The standard InChI is InChI=1S/C13H15ClN4O/c1-19-13-3-2-11(14)4-9(13)5-12(18-15)10-6-16-8-17-7-10/h2-4,6-8,12,18H,5,15H2,1H3. The van der Waals surface area contributed by atoms with E-state index in [1.165, 1.54) is 6.33 Å². The molecule has 0 amide bonds. The molecule has 1 heterocycles. The molecule has 6 heteroatoms. The van der Waals surface area contributed by atoms with Crippen LogP contribution in [0.3, 0.4) is 0 Å². The normalized spacial score (nSPS) is 12.2. The highest BCUT2D eigenvalue weighted by Gasteiger charge is 2.14. The van der Waals surface area contributed by atoms with Gasteiger partial charge < -0.3 is 4.74 Å². The van der Waals surface area contributed by atoms with Gasteiger partial charge >= 0.3 is 0 Å². The van der Waals surface area contributed by atoms with Crippen LogP contribution in [0.25, 0.3) is 0 Å². The number of methoxy groups -OCH3 is 1. The van der Waals surface area contributed by atoms with Crippen molar-refractivity contribution in [2.45, 2.75) is 12.5 Å². The highest BCUT2D eigenvalue weighted by molar-refractivity contribution is 6.30. The predicted octanol–water partition coefficient (Wildman–Crippen LogP) is 1.89. The summed E-state index contributed by atoms with van der Waals surface area (Å²) in [6.07, 6.45) is 5.58.